The number of fused-ring (bicyclic) bond motifs is 4. The molecule has 0 bridgehead atoms. The second-order valence-electron chi connectivity index (χ2n) is 20.9. The summed E-state index contributed by atoms with van der Waals surface area (Å²) in [4.78, 5) is 48.4. The van der Waals surface area contributed by atoms with Gasteiger partial charge in [-0.25, -0.2) is 0 Å². The molecule has 4 aliphatic rings. The number of hydrogen-bond acceptors (Lipinski definition) is 14. The van der Waals surface area contributed by atoms with Crippen molar-refractivity contribution in [3.05, 3.63) is 87.7 Å². The lowest BCUT2D eigenvalue weighted by atomic mass is 9.74. The number of nitrogens with one attached hydrogen (secondary N) is 3. The molecule has 0 radical (unpaired) electrons. The van der Waals surface area contributed by atoms with Crippen LogP contribution in [0.4, 0.5) is 17.1 Å². The minimum absolute atomic E-state index is 0.0312. The molecule has 2 aromatic carbocycles. The van der Waals surface area contributed by atoms with Crippen LogP contribution in [0.15, 0.2) is 59.3 Å². The van der Waals surface area contributed by atoms with Gasteiger partial charge in [0.25, 0.3) is 58.2 Å². The molecule has 1 unspecified atom stereocenters. The first-order valence-corrected chi connectivity index (χ1v) is 31.3. The molecule has 418 valence electrons. The normalized spacial score (nSPS) is 19.0. The van der Waals surface area contributed by atoms with Crippen molar-refractivity contribution in [3.63, 3.8) is 0 Å². The highest BCUT2D eigenvalue weighted by Gasteiger charge is 2.51. The summed E-state index contributed by atoms with van der Waals surface area (Å²) in [6.45, 7) is 13.8. The van der Waals surface area contributed by atoms with Gasteiger partial charge in [0, 0.05) is 94.9 Å². The number of rotatable bonds is 26. The molecule has 0 spiro atoms. The molecule has 1 saturated heterocycles. The second-order valence-corrected chi connectivity index (χ2v) is 27.2. The first kappa shape index (κ1) is 60.0. The highest BCUT2D eigenvalue weighted by Crippen LogP contribution is 2.54. The minimum Gasteiger partial charge on any atom is -0.373 e. The lowest BCUT2D eigenvalue weighted by molar-refractivity contribution is -0.437. The minimum atomic E-state index is -4.50. The van der Waals surface area contributed by atoms with Crippen LogP contribution >= 0.6 is 0 Å². The Hall–Kier alpha value is -5.19. The number of nitrogens with zero attached hydrogens (tertiary/aromatic N) is 3. The van der Waals surface area contributed by atoms with Crippen LogP contribution in [0.1, 0.15) is 135 Å². The standard InChI is InChI=1S/C50H68N6O16S4/c1-32-48(2,3)42-36(47(59)51-19-13-9-10-16-34-31-72-34)30-38-43(44(42)54-32)50(6,7)40(56(38)23-15-25-74(63,64)65)18-12-8-11-17-39-49(4,5)41-35(46(58)53-21-27-76(69,70)71)28-33(45(57)52-20-26-75(66,67)68)29-37(41)55(39)22-14-24-73(60,61)62/h8,11-12,17-18,28-30,34H,9-10,13-16,19-27,31H2,1-7H3,(H6-,51,52,53,57,58,59,60,61,62,63,64,65,66,67,68,69,70,71)/p+1. The van der Waals surface area contributed by atoms with Crippen molar-refractivity contribution in [2.75, 3.05) is 67.2 Å². The van der Waals surface area contributed by atoms with E-state index in [0.29, 0.717) is 40.8 Å². The Labute approximate surface area is 445 Å². The molecule has 1 fully saturated rings. The van der Waals surface area contributed by atoms with E-state index in [1.54, 1.807) is 43.1 Å². The second kappa shape index (κ2) is 23.0. The van der Waals surface area contributed by atoms with Crippen molar-refractivity contribution in [3.8, 4) is 0 Å². The number of epoxide rings is 1. The molecule has 0 aromatic heterocycles. The maximum atomic E-state index is 14.2. The van der Waals surface area contributed by atoms with Crippen LogP contribution in [0, 0.1) is 0 Å². The van der Waals surface area contributed by atoms with Crippen molar-refractivity contribution in [1.29, 1.82) is 0 Å². The van der Waals surface area contributed by atoms with E-state index in [9.17, 15) is 66.3 Å². The molecule has 0 aliphatic carbocycles. The zero-order valence-corrected chi connectivity index (χ0v) is 46.9. The SMILES string of the molecule is CC1=Nc2c(c(C(=O)NCCCCCC3CO3)cc3c2C(C)(C)C(/C=C/C=C/C=C2/N(CCCS(=O)(=O)O)c4cc(C(=O)NCCS(=O)(=O)O)cc(C(=O)NCCS(=O)(=O)O)c4C2(C)C)=[N+]3CCCS(=O)(=O)O)C1(C)C. The summed E-state index contributed by atoms with van der Waals surface area (Å²) in [5.41, 5.74) is 3.20. The Morgan fingerprint density at radius 1 is 0.671 bits per heavy atom. The van der Waals surface area contributed by atoms with Gasteiger partial charge in [0.2, 0.25) is 5.69 Å². The van der Waals surface area contributed by atoms with Crippen LogP contribution in [0.2, 0.25) is 0 Å². The summed E-state index contributed by atoms with van der Waals surface area (Å²) in [6.07, 6.45) is 12.6. The molecule has 22 nitrogen and oxygen atoms in total. The summed E-state index contributed by atoms with van der Waals surface area (Å²) in [5, 5.41) is 7.93. The average Bonchev–Trinajstić information content (AvgIpc) is 4.00. The van der Waals surface area contributed by atoms with Gasteiger partial charge in [-0.05, 0) is 58.2 Å². The number of ether oxygens (including phenoxy) is 1. The third-order valence-corrected chi connectivity index (χ3v) is 17.2. The molecule has 26 heteroatoms. The highest BCUT2D eigenvalue weighted by atomic mass is 32.2. The zero-order valence-electron chi connectivity index (χ0n) is 43.7. The van der Waals surface area contributed by atoms with Gasteiger partial charge in [0.05, 0.1) is 58.0 Å². The van der Waals surface area contributed by atoms with Gasteiger partial charge in [0.15, 0.2) is 5.71 Å². The molecular formula is C50H69N6O16S4+. The fourth-order valence-electron chi connectivity index (χ4n) is 10.1. The van der Waals surface area contributed by atoms with E-state index in [-0.39, 0.29) is 48.7 Å². The van der Waals surface area contributed by atoms with Gasteiger partial charge in [-0.3, -0.25) is 37.6 Å². The number of aliphatic imine (C=N–C) groups is 1. The van der Waals surface area contributed by atoms with Crippen LogP contribution in [0.25, 0.3) is 0 Å². The molecule has 1 atom stereocenters. The van der Waals surface area contributed by atoms with E-state index in [2.05, 4.69) is 16.0 Å². The van der Waals surface area contributed by atoms with Crippen LogP contribution in [-0.4, -0.2) is 154 Å². The summed E-state index contributed by atoms with van der Waals surface area (Å²) in [7, 11) is -17.8. The monoisotopic (exact) mass is 1140 g/mol. The van der Waals surface area contributed by atoms with Gasteiger partial charge in [-0.2, -0.15) is 38.2 Å². The Morgan fingerprint density at radius 2 is 1.24 bits per heavy atom. The quantitative estimate of drug-likeness (QED) is 0.0220. The van der Waals surface area contributed by atoms with E-state index < -0.39 is 105 Å². The predicted molar refractivity (Wildman–Crippen MR) is 288 cm³/mol. The number of carbonyl (C=O) groups is 3. The molecule has 2 aromatic rings. The van der Waals surface area contributed by atoms with Crippen LogP contribution in [0.3, 0.4) is 0 Å². The number of anilines is 1. The Kier molecular flexibility index (Phi) is 18.2. The van der Waals surface area contributed by atoms with Gasteiger partial charge < -0.3 is 25.6 Å². The van der Waals surface area contributed by atoms with Gasteiger partial charge in [-0.15, -0.1) is 0 Å². The number of amides is 3. The predicted octanol–water partition coefficient (Wildman–Crippen LogP) is 4.72. The van der Waals surface area contributed by atoms with E-state index in [0.717, 1.165) is 54.8 Å². The molecule has 4 heterocycles. The molecular weight excluding hydrogens is 1070 g/mol. The highest BCUT2D eigenvalue weighted by molar-refractivity contribution is 7.86. The average molecular weight is 1140 g/mol. The van der Waals surface area contributed by atoms with E-state index in [4.69, 9.17) is 9.73 Å². The molecule has 6 rings (SSSR count). The number of benzene rings is 2. The van der Waals surface area contributed by atoms with Crippen LogP contribution < -0.4 is 20.9 Å². The van der Waals surface area contributed by atoms with Crippen LogP contribution in [0.5, 0.6) is 0 Å². The largest absolute Gasteiger partial charge is 0.373 e. The molecule has 4 aliphatic heterocycles. The summed E-state index contributed by atoms with van der Waals surface area (Å²) in [6, 6.07) is 4.47. The van der Waals surface area contributed by atoms with E-state index in [1.165, 1.54) is 12.1 Å². The van der Waals surface area contributed by atoms with Gasteiger partial charge in [-0.1, -0.05) is 58.8 Å². The first-order chi connectivity index (χ1) is 35.1. The van der Waals surface area contributed by atoms with Crippen molar-refractivity contribution < 1.29 is 75.6 Å². The number of allylic oxidation sites excluding steroid dienone is 6. The third kappa shape index (κ3) is 14.7. The van der Waals surface area contributed by atoms with Crippen LogP contribution in [-0.2, 0) is 61.5 Å². The summed E-state index contributed by atoms with van der Waals surface area (Å²) < 4.78 is 139. The lowest BCUT2D eigenvalue weighted by Crippen LogP contribution is -2.32. The maximum Gasteiger partial charge on any atom is 0.266 e. The first-order valence-electron chi connectivity index (χ1n) is 24.8. The Morgan fingerprint density at radius 3 is 1.83 bits per heavy atom. The molecule has 3 amide bonds. The summed E-state index contributed by atoms with van der Waals surface area (Å²) >= 11 is 0. The van der Waals surface area contributed by atoms with Crippen molar-refractivity contribution in [1.82, 2.24) is 16.0 Å². The van der Waals surface area contributed by atoms with Gasteiger partial charge >= 0.3 is 0 Å². The third-order valence-electron chi connectivity index (χ3n) is 14.1. The number of carbonyl (C=O) groups excluding carboxylic acids is 3. The number of hydrogen-bond donors (Lipinski definition) is 7. The number of unbranched alkanes of at least 4 members (excludes halogenated alkanes) is 2. The maximum absolute atomic E-state index is 14.2. The van der Waals surface area contributed by atoms with E-state index >= 15 is 0 Å². The Balaban J connectivity index is 1.41. The zero-order chi connectivity index (χ0) is 56.4. The molecule has 76 heavy (non-hydrogen) atoms. The van der Waals surface area contributed by atoms with Crippen molar-refractivity contribution in [2.24, 2.45) is 4.99 Å². The topological polar surface area (TPSA) is 336 Å². The lowest BCUT2D eigenvalue weighted by Gasteiger charge is -2.27. The smallest absolute Gasteiger partial charge is 0.266 e. The Bertz CT molecular complexity index is 3280. The summed E-state index contributed by atoms with van der Waals surface area (Å²) in [5.74, 6) is -4.79. The van der Waals surface area contributed by atoms with Gasteiger partial charge in [0.1, 0.15) is 6.54 Å². The van der Waals surface area contributed by atoms with E-state index in [1.807, 2.05) is 51.3 Å². The fourth-order valence-corrected chi connectivity index (χ4v) is 11.8. The molecule has 7 N–H and O–H groups in total. The molecule has 0 saturated carbocycles. The van der Waals surface area contributed by atoms with Crippen molar-refractivity contribution >= 4 is 86.7 Å². The van der Waals surface area contributed by atoms with Crippen molar-refractivity contribution in [2.45, 2.75) is 109 Å². The fraction of sp³-hybridized carbons (Fsp3) is 0.540.